The molecule has 118 valence electrons. The van der Waals surface area contributed by atoms with E-state index in [1.54, 1.807) is 11.6 Å². The van der Waals surface area contributed by atoms with Gasteiger partial charge in [0.1, 0.15) is 18.0 Å². The molecule has 9 heteroatoms. The van der Waals surface area contributed by atoms with Crippen LogP contribution >= 0.6 is 0 Å². The second-order valence-electron chi connectivity index (χ2n) is 6.30. The summed E-state index contributed by atoms with van der Waals surface area (Å²) in [5, 5.41) is 18.5. The maximum Gasteiger partial charge on any atom is 0.184 e. The van der Waals surface area contributed by atoms with Gasteiger partial charge < -0.3 is 20.3 Å². The minimum atomic E-state index is -0.727. The molecule has 1 saturated carbocycles. The van der Waals surface area contributed by atoms with Gasteiger partial charge in [0, 0.05) is 6.42 Å². The lowest BCUT2D eigenvalue weighted by atomic mass is 10.2. The van der Waals surface area contributed by atoms with Crippen molar-refractivity contribution in [2.45, 2.75) is 57.3 Å². The minimum absolute atomic E-state index is 0.208. The first-order valence-corrected chi connectivity index (χ1v) is 7.24. The number of fused-ring (bicyclic) bond motifs is 2. The number of nitrogen functional groups attached to an aromatic ring is 1. The predicted molar refractivity (Wildman–Crippen MR) is 75.8 cm³/mol. The number of ether oxygens (including phenoxy) is 2. The van der Waals surface area contributed by atoms with Gasteiger partial charge in [-0.15, -0.1) is 5.10 Å². The molecular weight excluding hydrogens is 288 g/mol. The van der Waals surface area contributed by atoms with E-state index in [4.69, 9.17) is 15.2 Å². The highest BCUT2D eigenvalue weighted by Crippen LogP contribution is 2.44. The summed E-state index contributed by atoms with van der Waals surface area (Å²) in [4.78, 5) is 8.48. The van der Waals surface area contributed by atoms with Crippen molar-refractivity contribution in [3.8, 4) is 0 Å². The second-order valence-corrected chi connectivity index (χ2v) is 6.30. The van der Waals surface area contributed by atoms with Gasteiger partial charge in [-0.3, -0.25) is 0 Å². The van der Waals surface area contributed by atoms with Gasteiger partial charge >= 0.3 is 0 Å². The topological polar surface area (TPSA) is 121 Å². The quantitative estimate of drug-likeness (QED) is 0.751. The lowest BCUT2D eigenvalue weighted by Crippen LogP contribution is -2.29. The standard InChI is InChI=1S/C13H18N6O3/c1-5-15-11(14)8-12(16-5)19(18-17-8)6-4-7(20)10-9(6)21-13(2,3)22-10/h6-7,9-10,20H,4H2,1-3H3,(H2,14,15,16)/t6-,7+,9+,10-/m1/s1. The van der Waals surface area contributed by atoms with Crippen LogP contribution in [0.15, 0.2) is 0 Å². The van der Waals surface area contributed by atoms with Crippen LogP contribution in [0.1, 0.15) is 32.1 Å². The number of nitrogens with zero attached hydrogens (tertiary/aromatic N) is 5. The molecular formula is C13H18N6O3. The summed E-state index contributed by atoms with van der Waals surface area (Å²) in [5.74, 6) is 0.121. The number of rotatable bonds is 1. The van der Waals surface area contributed by atoms with Crippen LogP contribution in [0.2, 0.25) is 0 Å². The van der Waals surface area contributed by atoms with Crippen molar-refractivity contribution < 1.29 is 14.6 Å². The molecule has 2 aromatic heterocycles. The average Bonchev–Trinajstić information content (AvgIpc) is 3.03. The molecule has 0 radical (unpaired) electrons. The molecule has 0 aromatic carbocycles. The third-order valence-corrected chi connectivity index (χ3v) is 4.18. The highest BCUT2D eigenvalue weighted by atomic mass is 16.8. The van der Waals surface area contributed by atoms with Crippen LogP contribution < -0.4 is 5.73 Å². The van der Waals surface area contributed by atoms with Crippen molar-refractivity contribution in [2.24, 2.45) is 0 Å². The number of hydrogen-bond donors (Lipinski definition) is 2. The first-order chi connectivity index (χ1) is 10.4. The molecule has 1 aliphatic carbocycles. The van der Waals surface area contributed by atoms with Crippen LogP contribution in [0.4, 0.5) is 5.82 Å². The molecule has 1 aliphatic heterocycles. The molecule has 0 bridgehead atoms. The lowest BCUT2D eigenvalue weighted by molar-refractivity contribution is -0.165. The van der Waals surface area contributed by atoms with Crippen molar-refractivity contribution in [3.05, 3.63) is 5.82 Å². The summed E-state index contributed by atoms with van der Waals surface area (Å²) in [6.45, 7) is 5.43. The van der Waals surface area contributed by atoms with E-state index in [0.717, 1.165) is 0 Å². The first-order valence-electron chi connectivity index (χ1n) is 7.24. The molecule has 2 aromatic rings. The fraction of sp³-hybridized carbons (Fsp3) is 0.692. The molecule has 3 heterocycles. The van der Waals surface area contributed by atoms with E-state index in [-0.39, 0.29) is 18.2 Å². The molecule has 1 saturated heterocycles. The number of aliphatic hydroxyl groups is 1. The van der Waals surface area contributed by atoms with Crippen molar-refractivity contribution in [2.75, 3.05) is 5.73 Å². The first kappa shape index (κ1) is 13.8. The van der Waals surface area contributed by atoms with Crippen LogP contribution in [-0.2, 0) is 9.47 Å². The van der Waals surface area contributed by atoms with Gasteiger partial charge in [0.05, 0.1) is 12.1 Å². The van der Waals surface area contributed by atoms with E-state index in [0.29, 0.717) is 29.2 Å². The Morgan fingerprint density at radius 3 is 2.77 bits per heavy atom. The maximum absolute atomic E-state index is 10.3. The molecule has 0 spiro atoms. The van der Waals surface area contributed by atoms with E-state index < -0.39 is 11.9 Å². The molecule has 22 heavy (non-hydrogen) atoms. The maximum atomic E-state index is 10.3. The number of nitrogens with two attached hydrogens (primary N) is 1. The molecule has 4 atom stereocenters. The summed E-state index contributed by atoms with van der Waals surface area (Å²) in [5.41, 5.74) is 6.89. The van der Waals surface area contributed by atoms with Gasteiger partial charge in [0.25, 0.3) is 0 Å². The van der Waals surface area contributed by atoms with Gasteiger partial charge in [-0.2, -0.15) is 0 Å². The molecule has 2 fully saturated rings. The number of hydrogen-bond acceptors (Lipinski definition) is 8. The van der Waals surface area contributed by atoms with Gasteiger partial charge in [-0.25, -0.2) is 14.6 Å². The van der Waals surface area contributed by atoms with Gasteiger partial charge in [0.15, 0.2) is 22.8 Å². The van der Waals surface area contributed by atoms with Gasteiger partial charge in [-0.05, 0) is 20.8 Å². The van der Waals surface area contributed by atoms with Gasteiger partial charge in [0.2, 0.25) is 0 Å². The lowest BCUT2D eigenvalue weighted by Gasteiger charge is -2.22. The monoisotopic (exact) mass is 306 g/mol. The fourth-order valence-electron chi connectivity index (χ4n) is 3.35. The Labute approximate surface area is 126 Å². The van der Waals surface area contributed by atoms with Crippen molar-refractivity contribution in [1.29, 1.82) is 0 Å². The highest BCUT2D eigenvalue weighted by Gasteiger charge is 2.55. The van der Waals surface area contributed by atoms with Crippen LogP contribution in [0.5, 0.6) is 0 Å². The summed E-state index contributed by atoms with van der Waals surface area (Å²) in [6.07, 6.45) is -0.824. The van der Waals surface area contributed by atoms with E-state index >= 15 is 0 Å². The number of anilines is 1. The zero-order valence-corrected chi connectivity index (χ0v) is 12.6. The third kappa shape index (κ3) is 1.89. The van der Waals surface area contributed by atoms with Gasteiger partial charge in [-0.1, -0.05) is 5.21 Å². The molecule has 4 rings (SSSR count). The zero-order valence-electron chi connectivity index (χ0n) is 12.6. The minimum Gasteiger partial charge on any atom is -0.390 e. The van der Waals surface area contributed by atoms with E-state index in [2.05, 4.69) is 20.3 Å². The Balaban J connectivity index is 1.79. The highest BCUT2D eigenvalue weighted by molar-refractivity contribution is 5.80. The Morgan fingerprint density at radius 2 is 2.00 bits per heavy atom. The summed E-state index contributed by atoms with van der Waals surface area (Å²) in [6, 6.07) is -0.208. The third-order valence-electron chi connectivity index (χ3n) is 4.18. The summed E-state index contributed by atoms with van der Waals surface area (Å²) in [7, 11) is 0. The summed E-state index contributed by atoms with van der Waals surface area (Å²) >= 11 is 0. The van der Waals surface area contributed by atoms with Crippen LogP contribution in [0.3, 0.4) is 0 Å². The van der Waals surface area contributed by atoms with Crippen molar-refractivity contribution in [3.63, 3.8) is 0 Å². The Kier molecular flexibility index (Phi) is 2.72. The van der Waals surface area contributed by atoms with E-state index in [1.807, 2.05) is 13.8 Å². The molecule has 2 aliphatic rings. The number of aliphatic hydroxyl groups excluding tert-OH is 1. The van der Waals surface area contributed by atoms with E-state index in [1.165, 1.54) is 0 Å². The predicted octanol–water partition coefficient (Wildman–Crippen LogP) is -0.0623. The fourth-order valence-corrected chi connectivity index (χ4v) is 3.35. The van der Waals surface area contributed by atoms with Crippen LogP contribution in [-0.4, -0.2) is 54.2 Å². The van der Waals surface area contributed by atoms with Crippen LogP contribution in [0, 0.1) is 6.92 Å². The average molecular weight is 306 g/mol. The molecule has 0 amide bonds. The second kappa shape index (κ2) is 4.34. The summed E-state index contributed by atoms with van der Waals surface area (Å²) < 4.78 is 13.4. The molecule has 3 N–H and O–H groups in total. The smallest absolute Gasteiger partial charge is 0.184 e. The Morgan fingerprint density at radius 1 is 1.27 bits per heavy atom. The van der Waals surface area contributed by atoms with Crippen molar-refractivity contribution in [1.82, 2.24) is 25.0 Å². The van der Waals surface area contributed by atoms with Crippen molar-refractivity contribution >= 4 is 17.0 Å². The SMILES string of the molecule is Cc1nc(N)c2nnn([C@@H]3C[C@H](O)[C@H]4OC(C)(C)O[C@H]43)c2n1. The normalized spacial score (nSPS) is 33.5. The Hall–Kier alpha value is -1.84. The number of aryl methyl sites for hydroxylation is 1. The van der Waals surface area contributed by atoms with Crippen LogP contribution in [0.25, 0.3) is 11.2 Å². The largest absolute Gasteiger partial charge is 0.390 e. The van der Waals surface area contributed by atoms with E-state index in [9.17, 15) is 5.11 Å². The zero-order chi connectivity index (χ0) is 15.6. The Bertz CT molecular complexity index is 745. The number of aromatic nitrogens is 5. The molecule has 0 unspecified atom stereocenters. The molecule has 9 nitrogen and oxygen atoms in total.